The molecule has 29 heavy (non-hydrogen) atoms. The normalized spacial score (nSPS) is 16.0. The Balaban J connectivity index is 0.000000447. The second kappa shape index (κ2) is 13.5. The van der Waals surface area contributed by atoms with Crippen LogP contribution in [0.4, 0.5) is 0 Å². The fraction of sp³-hybridized carbons (Fsp3) is 0.444. The van der Waals surface area contributed by atoms with Crippen LogP contribution in [0.5, 0.6) is 0 Å². The molecule has 2 heterocycles. The molecule has 1 aliphatic rings. The van der Waals surface area contributed by atoms with Crippen LogP contribution in [0.25, 0.3) is 0 Å². The number of β-amino-alcohol motifs (C(OH)–C–C–N with tert-alkyl or cyclic N) is 1. The van der Waals surface area contributed by atoms with Crippen LogP contribution in [0.1, 0.15) is 24.8 Å². The molecule has 1 atom stereocenters. The lowest BCUT2D eigenvalue weighted by Crippen LogP contribution is -2.38. The first kappa shape index (κ1) is 24.3. The molecular weight excluding hydrogens is 406 g/mol. The van der Waals surface area contributed by atoms with E-state index < -0.39 is 18.0 Å². The van der Waals surface area contributed by atoms with Gasteiger partial charge in [-0.3, -0.25) is 0 Å². The van der Waals surface area contributed by atoms with Crippen molar-refractivity contribution < 1.29 is 34.5 Å². The zero-order chi connectivity index (χ0) is 21.6. The van der Waals surface area contributed by atoms with Gasteiger partial charge < -0.3 is 30.3 Å². The summed E-state index contributed by atoms with van der Waals surface area (Å²) in [5, 5.41) is 40.4. The molecule has 160 valence electrons. The van der Waals surface area contributed by atoms with Crippen molar-refractivity contribution in [1.82, 2.24) is 4.90 Å². The highest BCUT2D eigenvalue weighted by Gasteiger charge is 2.15. The van der Waals surface area contributed by atoms with Crippen LogP contribution in [0.2, 0.25) is 0 Å². The van der Waals surface area contributed by atoms with E-state index in [1.54, 1.807) is 12.1 Å². The minimum atomic E-state index is -1.26. The Bertz CT molecular complexity index is 705. The highest BCUT2D eigenvalue weighted by atomic mass is 35.5. The lowest BCUT2D eigenvalue weighted by molar-refractivity contribution is -0.605. The Morgan fingerprint density at radius 1 is 1.28 bits per heavy atom. The topological polar surface area (TPSA) is 147 Å². The third kappa shape index (κ3) is 11.7. The average molecular weight is 430 g/mol. The van der Waals surface area contributed by atoms with Crippen molar-refractivity contribution in [2.75, 3.05) is 26.2 Å². The molecule has 3 N–H and O–H groups in total. The van der Waals surface area contributed by atoms with Gasteiger partial charge in [0.25, 0.3) is 0 Å². The maximum Gasteiger partial charge on any atom is 0.328 e. The van der Waals surface area contributed by atoms with Gasteiger partial charge in [0.2, 0.25) is 0 Å². The maximum absolute atomic E-state index is 11.1. The van der Waals surface area contributed by atoms with E-state index in [9.17, 15) is 19.9 Å². The first-order valence-corrected chi connectivity index (χ1v) is 9.24. The third-order valence-electron chi connectivity index (χ3n) is 3.71. The van der Waals surface area contributed by atoms with Gasteiger partial charge in [-0.05, 0) is 32.0 Å². The Morgan fingerprint density at radius 3 is 2.45 bits per heavy atom. The molecule has 2 rings (SSSR count). The largest absolute Gasteiger partial charge is 0.619 e. The van der Waals surface area contributed by atoms with Gasteiger partial charge in [0.1, 0.15) is 12.7 Å². The fourth-order valence-corrected chi connectivity index (χ4v) is 2.61. The van der Waals surface area contributed by atoms with E-state index in [1.165, 1.54) is 31.7 Å². The molecule has 0 aliphatic carbocycles. The summed E-state index contributed by atoms with van der Waals surface area (Å²) in [6.45, 7) is 2.71. The number of carboxylic acids is 2. The zero-order valence-electron chi connectivity index (χ0n) is 15.7. The van der Waals surface area contributed by atoms with Crippen LogP contribution >= 0.6 is 11.6 Å². The van der Waals surface area contributed by atoms with E-state index >= 15 is 0 Å². The number of piperidine rings is 1. The van der Waals surface area contributed by atoms with Gasteiger partial charge in [0.05, 0.1) is 5.56 Å². The van der Waals surface area contributed by atoms with Crippen molar-refractivity contribution in [2.45, 2.75) is 25.4 Å². The second-order valence-corrected chi connectivity index (χ2v) is 6.51. The summed E-state index contributed by atoms with van der Waals surface area (Å²) in [6, 6.07) is 3.24. The van der Waals surface area contributed by atoms with Crippen molar-refractivity contribution in [2.24, 2.45) is 5.16 Å². The summed E-state index contributed by atoms with van der Waals surface area (Å²) in [5.41, 5.74) is 0.472. The van der Waals surface area contributed by atoms with E-state index in [1.807, 2.05) is 0 Å². The summed E-state index contributed by atoms with van der Waals surface area (Å²) in [4.78, 5) is 26.4. The summed E-state index contributed by atoms with van der Waals surface area (Å²) >= 11 is 5.93. The van der Waals surface area contributed by atoms with E-state index in [2.05, 4.69) is 10.1 Å². The molecular formula is C18H24ClN3O7. The lowest BCUT2D eigenvalue weighted by Gasteiger charge is -2.27. The molecule has 0 unspecified atom stereocenters. The van der Waals surface area contributed by atoms with Crippen LogP contribution in [0.3, 0.4) is 0 Å². The van der Waals surface area contributed by atoms with Crippen LogP contribution < -0.4 is 4.73 Å². The predicted octanol–water partition coefficient (Wildman–Crippen LogP) is 0.796. The number of nitrogens with zero attached hydrogens (tertiary/aromatic N) is 3. The van der Waals surface area contributed by atoms with E-state index in [0.29, 0.717) is 29.0 Å². The molecule has 1 fully saturated rings. The fourth-order valence-electron chi connectivity index (χ4n) is 2.44. The quantitative estimate of drug-likeness (QED) is 0.181. The number of aromatic nitrogens is 1. The number of pyridine rings is 1. The van der Waals surface area contributed by atoms with E-state index in [0.717, 1.165) is 13.1 Å². The number of halogens is 1. The van der Waals surface area contributed by atoms with Gasteiger partial charge in [-0.25, -0.2) is 9.59 Å². The first-order valence-electron chi connectivity index (χ1n) is 8.87. The number of carboxylic acid groups (broad SMARTS) is 2. The van der Waals surface area contributed by atoms with Crippen molar-refractivity contribution >= 4 is 28.7 Å². The number of rotatable bonds is 8. The number of hydrogen-bond donors (Lipinski definition) is 3. The molecule has 0 amide bonds. The monoisotopic (exact) mass is 429 g/mol. The number of oxime groups is 1. The predicted molar refractivity (Wildman–Crippen MR) is 104 cm³/mol. The van der Waals surface area contributed by atoms with Gasteiger partial charge in [0, 0.05) is 24.8 Å². The number of hydrogen-bond acceptors (Lipinski definition) is 7. The SMILES string of the molecule is O=C(O)C=CC(=O)O.[O-][n+]1cccc(/C(Cl)=N/OC[C@H](O)CN2CCCCC2)c1. The van der Waals surface area contributed by atoms with Crippen molar-refractivity contribution in [3.8, 4) is 0 Å². The Morgan fingerprint density at radius 2 is 1.90 bits per heavy atom. The van der Waals surface area contributed by atoms with Crippen molar-refractivity contribution in [1.29, 1.82) is 0 Å². The summed E-state index contributed by atoms with van der Waals surface area (Å²) in [7, 11) is 0. The van der Waals surface area contributed by atoms with E-state index in [4.69, 9.17) is 26.7 Å². The molecule has 0 spiro atoms. The maximum atomic E-state index is 11.1. The highest BCUT2D eigenvalue weighted by Crippen LogP contribution is 2.09. The highest BCUT2D eigenvalue weighted by molar-refractivity contribution is 6.69. The Kier molecular flexibility index (Phi) is 11.3. The first-order chi connectivity index (χ1) is 13.8. The lowest BCUT2D eigenvalue weighted by atomic mass is 10.1. The van der Waals surface area contributed by atoms with Crippen LogP contribution in [-0.2, 0) is 14.4 Å². The minimum Gasteiger partial charge on any atom is -0.619 e. The Labute approximate surface area is 172 Å². The second-order valence-electron chi connectivity index (χ2n) is 6.16. The molecule has 10 nitrogen and oxygen atoms in total. The molecule has 1 aromatic rings. The van der Waals surface area contributed by atoms with Crippen molar-refractivity contribution in [3.63, 3.8) is 0 Å². The van der Waals surface area contributed by atoms with Gasteiger partial charge in [-0.15, -0.1) is 0 Å². The summed E-state index contributed by atoms with van der Waals surface area (Å²) in [6.07, 6.45) is 6.80. The molecule has 0 bridgehead atoms. The van der Waals surface area contributed by atoms with Gasteiger partial charge in [-0.1, -0.05) is 23.2 Å². The molecule has 11 heteroatoms. The number of carbonyl (C=O) groups is 2. The van der Waals surface area contributed by atoms with Crippen LogP contribution in [0, 0.1) is 5.21 Å². The summed E-state index contributed by atoms with van der Waals surface area (Å²) in [5.74, 6) is -2.51. The molecule has 0 saturated carbocycles. The molecule has 0 aromatic carbocycles. The van der Waals surface area contributed by atoms with Crippen LogP contribution in [0.15, 0.2) is 41.8 Å². The summed E-state index contributed by atoms with van der Waals surface area (Å²) < 4.78 is 0.637. The van der Waals surface area contributed by atoms with Gasteiger partial charge in [0.15, 0.2) is 17.6 Å². The third-order valence-corrected chi connectivity index (χ3v) is 4.00. The Hall–Kier alpha value is -2.69. The number of aliphatic hydroxyl groups excluding tert-OH is 1. The molecule has 1 aliphatic heterocycles. The molecule has 0 radical (unpaired) electrons. The van der Waals surface area contributed by atoms with Crippen LogP contribution in [-0.4, -0.2) is 69.7 Å². The van der Waals surface area contributed by atoms with Gasteiger partial charge in [-0.2, -0.15) is 4.73 Å². The van der Waals surface area contributed by atoms with Gasteiger partial charge >= 0.3 is 11.9 Å². The molecule has 1 saturated heterocycles. The number of aliphatic hydroxyl groups is 1. The van der Waals surface area contributed by atoms with Crippen molar-refractivity contribution in [3.05, 3.63) is 47.4 Å². The smallest absolute Gasteiger partial charge is 0.328 e. The average Bonchev–Trinajstić information content (AvgIpc) is 2.67. The minimum absolute atomic E-state index is 0.0803. The number of aliphatic carboxylic acids is 2. The zero-order valence-corrected chi connectivity index (χ0v) is 16.4. The molecule has 1 aromatic heterocycles. The standard InChI is InChI=1S/C14H20ClN3O3.C4H4O4/c15-14(12-5-4-8-18(20)9-12)16-21-11-13(19)10-17-6-2-1-3-7-17;5-3(6)1-2-4(7)8/h4-5,8-9,13,19H,1-3,6-7,10-11H2;1-2H,(H,5,6)(H,7,8)/b16-14-;/t13-;/m1./s1. The van der Waals surface area contributed by atoms with E-state index in [-0.39, 0.29) is 11.8 Å². The number of likely N-dealkylation sites (tertiary alicyclic amines) is 1.